The summed E-state index contributed by atoms with van der Waals surface area (Å²) in [5.74, 6) is 0.0592. The van der Waals surface area contributed by atoms with Crippen LogP contribution in [0, 0.1) is 0 Å². The number of carbonyl (C=O) groups is 1. The fourth-order valence-corrected chi connectivity index (χ4v) is 3.01. The van der Waals surface area contributed by atoms with Gasteiger partial charge in [0.1, 0.15) is 0 Å². The molecule has 3 rings (SSSR count). The zero-order valence-electron chi connectivity index (χ0n) is 12.3. The number of halogens is 1. The molecule has 0 fully saturated rings. The van der Waals surface area contributed by atoms with Gasteiger partial charge < -0.3 is 4.57 Å². The summed E-state index contributed by atoms with van der Waals surface area (Å²) < 4.78 is 2.13. The number of fused-ring (bicyclic) bond motifs is 1. The van der Waals surface area contributed by atoms with E-state index in [1.54, 1.807) is 6.92 Å². The molecule has 0 aliphatic heterocycles. The van der Waals surface area contributed by atoms with Gasteiger partial charge in [0, 0.05) is 22.5 Å². The maximum absolute atomic E-state index is 12.3. The lowest BCUT2D eigenvalue weighted by molar-refractivity contribution is 0.101. The molecule has 0 spiro atoms. The Bertz CT molecular complexity index is 859. The number of allylic oxidation sites excluding steroid dienone is 1. The maximum Gasteiger partial charge on any atom is 0.162 e. The van der Waals surface area contributed by atoms with Crippen LogP contribution < -0.4 is 0 Å². The van der Waals surface area contributed by atoms with E-state index in [2.05, 4.69) is 11.1 Å². The standard InChI is InChI=1S/C19H16ClNO/c1-3-12-21-17-7-5-4-6-16(17)18(13(2)22)19(21)14-8-10-15(20)11-9-14/h3-11H,1,12H2,2H3. The lowest BCUT2D eigenvalue weighted by Gasteiger charge is -2.10. The van der Waals surface area contributed by atoms with Gasteiger partial charge in [-0.3, -0.25) is 4.79 Å². The molecule has 0 radical (unpaired) electrons. The molecule has 0 N–H and O–H groups in total. The highest BCUT2D eigenvalue weighted by Crippen LogP contribution is 2.34. The topological polar surface area (TPSA) is 22.0 Å². The van der Waals surface area contributed by atoms with E-state index >= 15 is 0 Å². The van der Waals surface area contributed by atoms with E-state index in [9.17, 15) is 4.79 Å². The summed E-state index contributed by atoms with van der Waals surface area (Å²) in [6, 6.07) is 15.5. The van der Waals surface area contributed by atoms with Crippen LogP contribution in [-0.2, 0) is 6.54 Å². The summed E-state index contributed by atoms with van der Waals surface area (Å²) >= 11 is 5.99. The summed E-state index contributed by atoms with van der Waals surface area (Å²) in [4.78, 5) is 12.3. The average molecular weight is 310 g/mol. The van der Waals surface area contributed by atoms with Crippen molar-refractivity contribution in [2.45, 2.75) is 13.5 Å². The predicted octanol–water partition coefficient (Wildman–Crippen LogP) is 5.35. The average Bonchev–Trinajstić information content (AvgIpc) is 2.83. The third kappa shape index (κ3) is 2.36. The van der Waals surface area contributed by atoms with E-state index in [4.69, 9.17) is 11.6 Å². The minimum absolute atomic E-state index is 0.0592. The van der Waals surface area contributed by atoms with Gasteiger partial charge in [-0.1, -0.05) is 48.0 Å². The van der Waals surface area contributed by atoms with Crippen molar-refractivity contribution in [2.75, 3.05) is 0 Å². The van der Waals surface area contributed by atoms with Crippen molar-refractivity contribution in [3.63, 3.8) is 0 Å². The first-order valence-electron chi connectivity index (χ1n) is 7.12. The highest BCUT2D eigenvalue weighted by molar-refractivity contribution is 6.30. The predicted molar refractivity (Wildman–Crippen MR) is 92.6 cm³/mol. The van der Waals surface area contributed by atoms with Gasteiger partial charge in [-0.25, -0.2) is 0 Å². The number of aromatic nitrogens is 1. The van der Waals surface area contributed by atoms with Crippen molar-refractivity contribution in [1.29, 1.82) is 0 Å². The highest BCUT2D eigenvalue weighted by atomic mass is 35.5. The monoisotopic (exact) mass is 309 g/mol. The highest BCUT2D eigenvalue weighted by Gasteiger charge is 2.20. The van der Waals surface area contributed by atoms with Crippen LogP contribution in [0.2, 0.25) is 5.02 Å². The summed E-state index contributed by atoms with van der Waals surface area (Å²) in [6.45, 7) is 6.09. The second-order valence-electron chi connectivity index (χ2n) is 5.20. The van der Waals surface area contributed by atoms with Crippen molar-refractivity contribution in [1.82, 2.24) is 4.57 Å². The van der Waals surface area contributed by atoms with Gasteiger partial charge in [-0.2, -0.15) is 0 Å². The van der Waals surface area contributed by atoms with Gasteiger partial charge in [0.15, 0.2) is 5.78 Å². The number of hydrogen-bond acceptors (Lipinski definition) is 1. The van der Waals surface area contributed by atoms with Gasteiger partial charge in [-0.05, 0) is 30.7 Å². The molecule has 0 unspecified atom stereocenters. The van der Waals surface area contributed by atoms with Crippen LogP contribution in [0.3, 0.4) is 0 Å². The normalized spacial score (nSPS) is 10.8. The first kappa shape index (κ1) is 14.6. The van der Waals surface area contributed by atoms with E-state index in [-0.39, 0.29) is 5.78 Å². The number of rotatable bonds is 4. The molecule has 0 saturated heterocycles. The van der Waals surface area contributed by atoms with Gasteiger partial charge in [-0.15, -0.1) is 6.58 Å². The molecule has 22 heavy (non-hydrogen) atoms. The number of hydrogen-bond donors (Lipinski definition) is 0. The van der Waals surface area contributed by atoms with E-state index in [0.29, 0.717) is 11.6 Å². The molecule has 110 valence electrons. The minimum atomic E-state index is 0.0592. The van der Waals surface area contributed by atoms with E-state index in [1.807, 2.05) is 54.6 Å². The summed E-state index contributed by atoms with van der Waals surface area (Å²) in [7, 11) is 0. The maximum atomic E-state index is 12.3. The second kappa shape index (κ2) is 5.82. The Hall–Kier alpha value is -2.32. The quantitative estimate of drug-likeness (QED) is 0.470. The minimum Gasteiger partial charge on any atom is -0.336 e. The molecule has 0 bridgehead atoms. The smallest absolute Gasteiger partial charge is 0.162 e. The Labute approximate surface area is 134 Å². The molecule has 1 aromatic heterocycles. The van der Waals surface area contributed by atoms with Crippen LogP contribution in [-0.4, -0.2) is 10.4 Å². The number of nitrogens with zero attached hydrogens (tertiary/aromatic N) is 1. The van der Waals surface area contributed by atoms with Crippen molar-refractivity contribution >= 4 is 28.3 Å². The Kier molecular flexibility index (Phi) is 3.86. The second-order valence-corrected chi connectivity index (χ2v) is 5.64. The van der Waals surface area contributed by atoms with E-state index in [0.717, 1.165) is 27.7 Å². The van der Waals surface area contributed by atoms with Gasteiger partial charge in [0.05, 0.1) is 11.3 Å². The molecular formula is C19H16ClNO. The lowest BCUT2D eigenvalue weighted by atomic mass is 10.0. The van der Waals surface area contributed by atoms with Crippen LogP contribution in [0.1, 0.15) is 17.3 Å². The number of benzene rings is 2. The van der Waals surface area contributed by atoms with Crippen molar-refractivity contribution in [2.24, 2.45) is 0 Å². The molecule has 3 aromatic rings. The number of carbonyl (C=O) groups excluding carboxylic acids is 1. The van der Waals surface area contributed by atoms with E-state index < -0.39 is 0 Å². The number of ketones is 1. The first-order chi connectivity index (χ1) is 10.6. The Morgan fingerprint density at radius 1 is 1.18 bits per heavy atom. The van der Waals surface area contributed by atoms with Crippen LogP contribution >= 0.6 is 11.6 Å². The van der Waals surface area contributed by atoms with Gasteiger partial charge >= 0.3 is 0 Å². The van der Waals surface area contributed by atoms with Crippen LogP contribution in [0.25, 0.3) is 22.2 Å². The molecule has 0 aliphatic carbocycles. The molecule has 0 atom stereocenters. The molecule has 0 aliphatic rings. The summed E-state index contributed by atoms with van der Waals surface area (Å²) in [5.41, 5.74) is 3.69. The molecule has 0 amide bonds. The zero-order valence-corrected chi connectivity index (χ0v) is 13.1. The number of para-hydroxylation sites is 1. The molecule has 2 aromatic carbocycles. The molecule has 0 saturated carbocycles. The number of Topliss-reactive ketones (excluding diaryl/α,β-unsaturated/α-hetero) is 1. The summed E-state index contributed by atoms with van der Waals surface area (Å²) in [5, 5.41) is 1.65. The van der Waals surface area contributed by atoms with Gasteiger partial charge in [0.2, 0.25) is 0 Å². The fraction of sp³-hybridized carbons (Fsp3) is 0.105. The molecular weight excluding hydrogens is 294 g/mol. The van der Waals surface area contributed by atoms with Crippen LogP contribution in [0.5, 0.6) is 0 Å². The summed E-state index contributed by atoms with van der Waals surface area (Å²) in [6.07, 6.45) is 1.84. The molecule has 3 heteroatoms. The Morgan fingerprint density at radius 3 is 2.50 bits per heavy atom. The van der Waals surface area contributed by atoms with Crippen molar-refractivity contribution in [3.05, 3.63) is 71.8 Å². The third-order valence-electron chi connectivity index (χ3n) is 3.75. The van der Waals surface area contributed by atoms with Crippen molar-refractivity contribution in [3.8, 4) is 11.3 Å². The third-order valence-corrected chi connectivity index (χ3v) is 4.00. The fourth-order valence-electron chi connectivity index (χ4n) is 2.89. The van der Waals surface area contributed by atoms with Crippen LogP contribution in [0.15, 0.2) is 61.2 Å². The Balaban J connectivity index is 2.41. The lowest BCUT2D eigenvalue weighted by Crippen LogP contribution is -2.01. The van der Waals surface area contributed by atoms with Gasteiger partial charge in [0.25, 0.3) is 0 Å². The largest absolute Gasteiger partial charge is 0.336 e. The molecule has 1 heterocycles. The first-order valence-corrected chi connectivity index (χ1v) is 7.50. The zero-order chi connectivity index (χ0) is 15.7. The Morgan fingerprint density at radius 2 is 1.86 bits per heavy atom. The van der Waals surface area contributed by atoms with E-state index in [1.165, 1.54) is 0 Å². The molecule has 2 nitrogen and oxygen atoms in total. The van der Waals surface area contributed by atoms with Crippen LogP contribution in [0.4, 0.5) is 0 Å². The van der Waals surface area contributed by atoms with Crippen molar-refractivity contribution < 1.29 is 4.79 Å². The SMILES string of the molecule is C=CCn1c(-c2ccc(Cl)cc2)c(C(C)=O)c2ccccc21.